The first-order chi connectivity index (χ1) is 12.3. The molecule has 0 saturated heterocycles. The Hall–Kier alpha value is -2.95. The Morgan fingerprint density at radius 1 is 0.640 bits per heavy atom. The van der Waals surface area contributed by atoms with Gasteiger partial charge in [-0.15, -0.1) is 0 Å². The first-order valence-electron chi connectivity index (χ1n) is 7.86. The van der Waals surface area contributed by atoms with Crippen molar-refractivity contribution in [3.63, 3.8) is 0 Å². The van der Waals surface area contributed by atoms with Crippen LogP contribution >= 0.6 is 0 Å². The van der Waals surface area contributed by atoms with Gasteiger partial charge >= 0.3 is 5.97 Å². The summed E-state index contributed by atoms with van der Waals surface area (Å²) in [7, 11) is 0. The van der Waals surface area contributed by atoms with E-state index < -0.39 is 5.97 Å². The molecule has 0 saturated carbocycles. The minimum atomic E-state index is -0.879. The van der Waals surface area contributed by atoms with E-state index >= 15 is 0 Å². The zero-order valence-electron chi connectivity index (χ0n) is 13.7. The number of rotatable bonds is 6. The zero-order chi connectivity index (χ0) is 17.7. The molecule has 0 aliphatic carbocycles. The molecule has 1 N–H and O–H groups in total. The van der Waals surface area contributed by atoms with Gasteiger partial charge in [-0.1, -0.05) is 78.9 Å². The number of hydrogen-bond donors (Lipinski definition) is 1. The number of carbonyl (C=O) groups is 1. The predicted octanol–water partition coefficient (Wildman–Crippen LogP) is 4.72. The first-order valence-corrected chi connectivity index (χ1v) is 7.86. The van der Waals surface area contributed by atoms with E-state index in [1.165, 1.54) is 0 Å². The average Bonchev–Trinajstić information content (AvgIpc) is 2.68. The fourth-order valence-corrected chi connectivity index (χ4v) is 1.95. The molecule has 3 rings (SSSR count). The molecular weight excluding hydrogens is 316 g/mol. The molecule has 128 valence electrons. The third-order valence-electron chi connectivity index (χ3n) is 3.24. The van der Waals surface area contributed by atoms with E-state index in [9.17, 15) is 4.79 Å². The maximum Gasteiger partial charge on any atom is 0.335 e. The van der Waals surface area contributed by atoms with Gasteiger partial charge in [0.05, 0.1) is 5.56 Å². The minimum Gasteiger partial charge on any atom is -0.478 e. The Labute approximate surface area is 147 Å². The highest BCUT2D eigenvalue weighted by molar-refractivity contribution is 5.87. The van der Waals surface area contributed by atoms with Crippen molar-refractivity contribution in [1.82, 2.24) is 0 Å². The zero-order valence-corrected chi connectivity index (χ0v) is 13.7. The molecule has 0 radical (unpaired) electrons. The lowest BCUT2D eigenvalue weighted by Crippen LogP contribution is -1.95. The fraction of sp³-hybridized carbons (Fsp3) is 0.0952. The number of benzene rings is 3. The lowest BCUT2D eigenvalue weighted by Gasteiger charge is -2.04. The van der Waals surface area contributed by atoms with Crippen molar-refractivity contribution in [3.8, 4) is 0 Å². The summed E-state index contributed by atoms with van der Waals surface area (Å²) in [5.41, 5.74) is 2.55. The second kappa shape index (κ2) is 10.8. The molecule has 0 bridgehead atoms. The van der Waals surface area contributed by atoms with Crippen molar-refractivity contribution in [2.45, 2.75) is 13.2 Å². The van der Waals surface area contributed by atoms with Crippen LogP contribution in [0.3, 0.4) is 0 Å². The van der Waals surface area contributed by atoms with E-state index in [1.54, 1.807) is 30.3 Å². The monoisotopic (exact) mass is 336 g/mol. The van der Waals surface area contributed by atoms with Crippen molar-refractivity contribution in [3.05, 3.63) is 108 Å². The molecule has 0 unspecified atom stereocenters. The normalized spacial score (nSPS) is 9.76. The van der Waals surface area contributed by atoms with Crippen LogP contribution in [0.4, 0.5) is 0 Å². The van der Waals surface area contributed by atoms with Gasteiger partial charge in [0, 0.05) is 0 Å². The molecule has 3 aromatic rings. The van der Waals surface area contributed by atoms with Gasteiger partial charge in [-0.05, 0) is 23.3 Å². The summed E-state index contributed by atoms with van der Waals surface area (Å²) in [6.07, 6.45) is 0. The molecule has 4 nitrogen and oxygen atoms in total. The van der Waals surface area contributed by atoms with Crippen LogP contribution in [0.5, 0.6) is 0 Å². The second-order valence-corrected chi connectivity index (χ2v) is 5.17. The highest BCUT2D eigenvalue weighted by Crippen LogP contribution is 2.04. The van der Waals surface area contributed by atoms with Gasteiger partial charge in [-0.2, -0.15) is 0 Å². The Morgan fingerprint density at radius 3 is 1.32 bits per heavy atom. The van der Waals surface area contributed by atoms with Crippen molar-refractivity contribution in [2.75, 3.05) is 0 Å². The summed E-state index contributed by atoms with van der Waals surface area (Å²) >= 11 is 0. The van der Waals surface area contributed by atoms with Crippen molar-refractivity contribution >= 4 is 5.97 Å². The van der Waals surface area contributed by atoms with Gasteiger partial charge in [0.2, 0.25) is 0 Å². The van der Waals surface area contributed by atoms with Gasteiger partial charge < -0.3 is 5.11 Å². The summed E-state index contributed by atoms with van der Waals surface area (Å²) in [5.74, 6) is -0.879. The van der Waals surface area contributed by atoms with Gasteiger partial charge in [0.15, 0.2) is 0 Å². The topological polar surface area (TPSA) is 55.8 Å². The van der Waals surface area contributed by atoms with Crippen LogP contribution in [0, 0.1) is 0 Å². The quantitative estimate of drug-likeness (QED) is 0.402. The van der Waals surface area contributed by atoms with E-state index in [2.05, 4.69) is 0 Å². The van der Waals surface area contributed by atoms with Crippen LogP contribution in [0.2, 0.25) is 0 Å². The standard InChI is InChI=1S/C14H14O2.C7H6O2/c1-3-7-13(8-4-1)11-15-16-12-14-9-5-2-6-10-14;8-7(9)6-4-2-1-3-5-6/h1-10H,11-12H2;1-5H,(H,8,9). The number of hydrogen-bond acceptors (Lipinski definition) is 3. The van der Waals surface area contributed by atoms with Gasteiger partial charge in [0.25, 0.3) is 0 Å². The predicted molar refractivity (Wildman–Crippen MR) is 95.9 cm³/mol. The second-order valence-electron chi connectivity index (χ2n) is 5.17. The summed E-state index contributed by atoms with van der Waals surface area (Å²) in [4.78, 5) is 20.4. The number of carboxylic acid groups (broad SMARTS) is 1. The fourth-order valence-electron chi connectivity index (χ4n) is 1.95. The number of aromatic carboxylic acids is 1. The first kappa shape index (κ1) is 18.4. The highest BCUT2D eigenvalue weighted by atomic mass is 17.2. The summed E-state index contributed by atoms with van der Waals surface area (Å²) in [5, 5.41) is 8.38. The Balaban J connectivity index is 0.000000212. The average molecular weight is 336 g/mol. The maximum absolute atomic E-state index is 10.2. The van der Waals surface area contributed by atoms with Crippen molar-refractivity contribution in [1.29, 1.82) is 0 Å². The van der Waals surface area contributed by atoms with Crippen LogP contribution in [0.15, 0.2) is 91.0 Å². The van der Waals surface area contributed by atoms with Crippen LogP contribution in [-0.2, 0) is 23.0 Å². The molecule has 0 fully saturated rings. The SMILES string of the molecule is O=C(O)c1ccccc1.c1ccc(COOCc2ccccc2)cc1. The highest BCUT2D eigenvalue weighted by Gasteiger charge is 1.96. The van der Waals surface area contributed by atoms with Crippen LogP contribution in [0.25, 0.3) is 0 Å². The number of carboxylic acids is 1. The van der Waals surface area contributed by atoms with Crippen LogP contribution < -0.4 is 0 Å². The molecule has 0 aliphatic rings. The lowest BCUT2D eigenvalue weighted by atomic mass is 10.2. The molecule has 4 heteroatoms. The van der Waals surface area contributed by atoms with Gasteiger partial charge in [0.1, 0.15) is 13.2 Å². The molecule has 25 heavy (non-hydrogen) atoms. The molecule has 0 amide bonds. The van der Waals surface area contributed by atoms with E-state index in [0.29, 0.717) is 18.8 Å². The Kier molecular flexibility index (Phi) is 7.91. The Bertz CT molecular complexity index is 686. The summed E-state index contributed by atoms with van der Waals surface area (Å²) < 4.78 is 0. The van der Waals surface area contributed by atoms with E-state index in [0.717, 1.165) is 11.1 Å². The third kappa shape index (κ3) is 7.44. The van der Waals surface area contributed by atoms with Crippen molar-refractivity contribution < 1.29 is 19.7 Å². The lowest BCUT2D eigenvalue weighted by molar-refractivity contribution is -0.313. The molecule has 0 spiro atoms. The Morgan fingerprint density at radius 2 is 1.00 bits per heavy atom. The molecule has 0 aromatic heterocycles. The molecule has 0 heterocycles. The minimum absolute atomic E-state index is 0.331. The van der Waals surface area contributed by atoms with E-state index in [4.69, 9.17) is 14.9 Å². The van der Waals surface area contributed by atoms with Crippen LogP contribution in [0.1, 0.15) is 21.5 Å². The smallest absolute Gasteiger partial charge is 0.335 e. The molecular formula is C21H20O4. The van der Waals surface area contributed by atoms with Gasteiger partial charge in [-0.3, -0.25) is 0 Å². The van der Waals surface area contributed by atoms with E-state index in [1.807, 2.05) is 60.7 Å². The molecule has 0 atom stereocenters. The molecule has 3 aromatic carbocycles. The largest absolute Gasteiger partial charge is 0.478 e. The maximum atomic E-state index is 10.2. The summed E-state index contributed by atoms with van der Waals surface area (Å²) in [6.45, 7) is 0.960. The van der Waals surface area contributed by atoms with Gasteiger partial charge in [-0.25, -0.2) is 14.6 Å². The van der Waals surface area contributed by atoms with Crippen molar-refractivity contribution in [2.24, 2.45) is 0 Å². The van der Waals surface area contributed by atoms with Crippen LogP contribution in [-0.4, -0.2) is 11.1 Å². The third-order valence-corrected chi connectivity index (χ3v) is 3.24. The molecule has 0 aliphatic heterocycles. The van der Waals surface area contributed by atoms with E-state index in [-0.39, 0.29) is 0 Å². The summed E-state index contributed by atoms with van der Waals surface area (Å²) in [6, 6.07) is 28.2.